The van der Waals surface area contributed by atoms with Crippen LogP contribution in [0.25, 0.3) is 27.9 Å². The standard InChI is InChI=1S/C25H21FN6/c26-20-5-1-3-18(11-20)15-32-24-9-7-21(13-19(24)14-30-32)31-25-22-12-17(4-2-10-27)6-8-23(22)28-16-29-25/h1-9,11-14,16H,10,15,27H2,(H,28,29,31). The van der Waals surface area contributed by atoms with Gasteiger partial charge in [0.1, 0.15) is 18.0 Å². The van der Waals surface area contributed by atoms with Crippen LogP contribution in [0.4, 0.5) is 15.9 Å². The number of anilines is 2. The molecule has 0 unspecified atom stereocenters. The molecule has 2 heterocycles. The van der Waals surface area contributed by atoms with Crippen molar-refractivity contribution < 1.29 is 4.39 Å². The molecule has 3 aromatic carbocycles. The van der Waals surface area contributed by atoms with Crippen LogP contribution in [0, 0.1) is 5.82 Å². The van der Waals surface area contributed by atoms with Gasteiger partial charge in [-0.1, -0.05) is 30.4 Å². The van der Waals surface area contributed by atoms with Gasteiger partial charge in [0.05, 0.1) is 23.8 Å². The van der Waals surface area contributed by atoms with Crippen LogP contribution >= 0.6 is 0 Å². The highest BCUT2D eigenvalue weighted by atomic mass is 19.1. The highest BCUT2D eigenvalue weighted by Crippen LogP contribution is 2.27. The maximum Gasteiger partial charge on any atom is 0.141 e. The van der Waals surface area contributed by atoms with Crippen molar-refractivity contribution in [1.29, 1.82) is 0 Å². The molecule has 0 saturated carbocycles. The number of fused-ring (bicyclic) bond motifs is 2. The fourth-order valence-corrected chi connectivity index (χ4v) is 3.72. The zero-order valence-corrected chi connectivity index (χ0v) is 17.2. The summed E-state index contributed by atoms with van der Waals surface area (Å²) in [6.07, 6.45) is 7.26. The third-order valence-electron chi connectivity index (χ3n) is 5.23. The summed E-state index contributed by atoms with van der Waals surface area (Å²) >= 11 is 0. The Morgan fingerprint density at radius 1 is 1.03 bits per heavy atom. The molecule has 2 aromatic heterocycles. The van der Waals surface area contributed by atoms with Crippen LogP contribution in [0.3, 0.4) is 0 Å². The van der Waals surface area contributed by atoms with Crippen LogP contribution in [0.5, 0.6) is 0 Å². The molecule has 0 aliphatic rings. The van der Waals surface area contributed by atoms with Crippen LogP contribution < -0.4 is 11.1 Å². The number of halogens is 1. The fraction of sp³-hybridized carbons (Fsp3) is 0.0800. The average Bonchev–Trinajstić information content (AvgIpc) is 3.20. The Bertz CT molecular complexity index is 1440. The molecule has 0 amide bonds. The molecule has 0 fully saturated rings. The second kappa shape index (κ2) is 8.56. The van der Waals surface area contributed by atoms with Gasteiger partial charge >= 0.3 is 0 Å². The van der Waals surface area contributed by atoms with Crippen molar-refractivity contribution in [2.75, 3.05) is 11.9 Å². The highest BCUT2D eigenvalue weighted by molar-refractivity contribution is 5.93. The molecule has 0 atom stereocenters. The lowest BCUT2D eigenvalue weighted by molar-refractivity contribution is 0.621. The Kier molecular flexibility index (Phi) is 5.31. The molecular formula is C25H21FN6. The summed E-state index contributed by atoms with van der Waals surface area (Å²) < 4.78 is 15.4. The van der Waals surface area contributed by atoms with Gasteiger partial charge in [0, 0.05) is 23.0 Å². The lowest BCUT2D eigenvalue weighted by atomic mass is 10.1. The summed E-state index contributed by atoms with van der Waals surface area (Å²) in [5, 5.41) is 9.79. The van der Waals surface area contributed by atoms with Crippen LogP contribution in [0.1, 0.15) is 11.1 Å². The van der Waals surface area contributed by atoms with Gasteiger partial charge in [-0.05, 0) is 53.6 Å². The summed E-state index contributed by atoms with van der Waals surface area (Å²) in [6, 6.07) is 18.6. The summed E-state index contributed by atoms with van der Waals surface area (Å²) in [6.45, 7) is 0.991. The third-order valence-corrected chi connectivity index (χ3v) is 5.23. The third kappa shape index (κ3) is 4.06. The van der Waals surface area contributed by atoms with E-state index in [4.69, 9.17) is 5.73 Å². The van der Waals surface area contributed by atoms with E-state index in [0.717, 1.165) is 44.4 Å². The molecule has 32 heavy (non-hydrogen) atoms. The Morgan fingerprint density at radius 2 is 1.97 bits per heavy atom. The van der Waals surface area contributed by atoms with Crippen LogP contribution in [-0.2, 0) is 6.54 Å². The maximum atomic E-state index is 13.5. The first kappa shape index (κ1) is 19.8. The van der Waals surface area contributed by atoms with E-state index in [-0.39, 0.29) is 5.82 Å². The number of hydrogen-bond donors (Lipinski definition) is 2. The van der Waals surface area contributed by atoms with Gasteiger partial charge in [-0.25, -0.2) is 14.4 Å². The van der Waals surface area contributed by atoms with Crippen molar-refractivity contribution in [3.63, 3.8) is 0 Å². The van der Waals surface area contributed by atoms with Crippen molar-refractivity contribution in [1.82, 2.24) is 19.7 Å². The SMILES string of the molecule is NCC=Cc1ccc2ncnc(Nc3ccc4c(cnn4Cc4cccc(F)c4)c3)c2c1. The minimum Gasteiger partial charge on any atom is -0.340 e. The predicted octanol–water partition coefficient (Wildman–Crippen LogP) is 4.88. The number of rotatable bonds is 6. The molecule has 0 aliphatic carbocycles. The van der Waals surface area contributed by atoms with Gasteiger partial charge < -0.3 is 11.1 Å². The average molecular weight is 424 g/mol. The topological polar surface area (TPSA) is 81.7 Å². The first-order valence-electron chi connectivity index (χ1n) is 10.3. The van der Waals surface area contributed by atoms with E-state index in [1.165, 1.54) is 12.1 Å². The number of hydrogen-bond acceptors (Lipinski definition) is 5. The Hall–Kier alpha value is -4.10. The zero-order valence-electron chi connectivity index (χ0n) is 17.2. The number of nitrogens with one attached hydrogen (secondary N) is 1. The van der Waals surface area contributed by atoms with E-state index in [1.54, 1.807) is 12.4 Å². The van der Waals surface area contributed by atoms with Crippen LogP contribution in [-0.4, -0.2) is 26.3 Å². The van der Waals surface area contributed by atoms with E-state index in [1.807, 2.05) is 65.5 Å². The molecule has 3 N–H and O–H groups in total. The fourth-order valence-electron chi connectivity index (χ4n) is 3.72. The van der Waals surface area contributed by atoms with Gasteiger partial charge in [0.15, 0.2) is 0 Å². The van der Waals surface area contributed by atoms with E-state index < -0.39 is 0 Å². The minimum atomic E-state index is -0.246. The molecule has 5 aromatic rings. The Morgan fingerprint density at radius 3 is 2.84 bits per heavy atom. The largest absolute Gasteiger partial charge is 0.340 e. The summed E-state index contributed by atoms with van der Waals surface area (Å²) in [5.74, 6) is 0.480. The smallest absolute Gasteiger partial charge is 0.141 e. The van der Waals surface area contributed by atoms with Crippen molar-refractivity contribution in [3.05, 3.63) is 96.2 Å². The molecule has 7 heteroatoms. The van der Waals surface area contributed by atoms with E-state index in [2.05, 4.69) is 20.4 Å². The van der Waals surface area contributed by atoms with Crippen molar-refractivity contribution >= 4 is 39.4 Å². The highest BCUT2D eigenvalue weighted by Gasteiger charge is 2.08. The first-order valence-corrected chi connectivity index (χ1v) is 10.3. The molecule has 0 aliphatic heterocycles. The second-order valence-corrected chi connectivity index (χ2v) is 7.47. The van der Waals surface area contributed by atoms with Crippen LogP contribution in [0.15, 0.2) is 79.3 Å². The maximum absolute atomic E-state index is 13.5. The van der Waals surface area contributed by atoms with Crippen molar-refractivity contribution in [2.45, 2.75) is 6.54 Å². The summed E-state index contributed by atoms with van der Waals surface area (Å²) in [7, 11) is 0. The molecule has 0 saturated heterocycles. The van der Waals surface area contributed by atoms with Gasteiger partial charge in [-0.2, -0.15) is 5.10 Å². The molecule has 5 rings (SSSR count). The minimum absolute atomic E-state index is 0.246. The van der Waals surface area contributed by atoms with Gasteiger partial charge in [0.2, 0.25) is 0 Å². The molecular weight excluding hydrogens is 403 g/mol. The molecule has 0 spiro atoms. The number of benzene rings is 3. The predicted molar refractivity (Wildman–Crippen MR) is 126 cm³/mol. The summed E-state index contributed by atoms with van der Waals surface area (Å²) in [5.41, 5.74) is 10.2. The quantitative estimate of drug-likeness (QED) is 0.406. The second-order valence-electron chi connectivity index (χ2n) is 7.47. The summed E-state index contributed by atoms with van der Waals surface area (Å²) in [4.78, 5) is 8.81. The van der Waals surface area contributed by atoms with E-state index >= 15 is 0 Å². The van der Waals surface area contributed by atoms with Crippen molar-refractivity contribution in [2.24, 2.45) is 5.73 Å². The van der Waals surface area contributed by atoms with Crippen LogP contribution in [0.2, 0.25) is 0 Å². The first-order chi connectivity index (χ1) is 15.7. The van der Waals surface area contributed by atoms with E-state index in [0.29, 0.717) is 13.1 Å². The van der Waals surface area contributed by atoms with Gasteiger partial charge in [0.25, 0.3) is 0 Å². The van der Waals surface area contributed by atoms with Gasteiger partial charge in [-0.3, -0.25) is 4.68 Å². The van der Waals surface area contributed by atoms with E-state index in [9.17, 15) is 4.39 Å². The van der Waals surface area contributed by atoms with Crippen molar-refractivity contribution in [3.8, 4) is 0 Å². The molecule has 6 nitrogen and oxygen atoms in total. The lowest BCUT2D eigenvalue weighted by Gasteiger charge is -2.10. The van der Waals surface area contributed by atoms with Gasteiger partial charge in [-0.15, -0.1) is 0 Å². The number of nitrogens with two attached hydrogens (primary N) is 1. The lowest BCUT2D eigenvalue weighted by Crippen LogP contribution is -2.01. The molecule has 0 bridgehead atoms. The molecule has 0 radical (unpaired) electrons. The zero-order chi connectivity index (χ0) is 21.9. The Balaban J connectivity index is 1.44. The Labute approximate surface area is 184 Å². The number of nitrogens with zero attached hydrogens (tertiary/aromatic N) is 4. The normalized spacial score (nSPS) is 11.6. The molecule has 158 valence electrons. The monoisotopic (exact) mass is 424 g/mol. The number of aromatic nitrogens is 4.